The molecule has 2 atom stereocenters. The average Bonchev–Trinajstić information content (AvgIpc) is 2.41. The molecule has 106 valence electrons. The Bertz CT molecular complexity index is 197. The van der Waals surface area contributed by atoms with Crippen LogP contribution in [0.4, 0.5) is 0 Å². The molecule has 0 bridgehead atoms. The molecule has 0 heterocycles. The lowest BCUT2D eigenvalue weighted by Gasteiger charge is -2.07. The van der Waals surface area contributed by atoms with Gasteiger partial charge in [-0.15, -0.1) is 0 Å². The van der Waals surface area contributed by atoms with E-state index in [4.69, 9.17) is 0 Å². The van der Waals surface area contributed by atoms with E-state index in [0.29, 0.717) is 11.8 Å². The van der Waals surface area contributed by atoms with Gasteiger partial charge in [0.15, 0.2) is 0 Å². The van der Waals surface area contributed by atoms with Crippen molar-refractivity contribution in [2.75, 3.05) is 0 Å². The summed E-state index contributed by atoms with van der Waals surface area (Å²) in [6.07, 6.45) is 14.0. The van der Waals surface area contributed by atoms with E-state index in [2.05, 4.69) is 37.9 Å². The van der Waals surface area contributed by atoms with Crippen molar-refractivity contribution in [2.24, 2.45) is 22.0 Å². The Balaban J connectivity index is 4.00. The van der Waals surface area contributed by atoms with Crippen molar-refractivity contribution >= 4 is 12.4 Å². The van der Waals surface area contributed by atoms with Crippen LogP contribution in [0, 0.1) is 11.8 Å². The SMILES string of the molecule is CCCC[C@H](/C=N/N=C/[C@@H](CC)CCCC)CC. The highest BCUT2D eigenvalue weighted by Crippen LogP contribution is 2.11. The van der Waals surface area contributed by atoms with Gasteiger partial charge in [0.2, 0.25) is 0 Å². The van der Waals surface area contributed by atoms with E-state index in [9.17, 15) is 0 Å². The Morgan fingerprint density at radius 1 is 0.722 bits per heavy atom. The standard InChI is InChI=1S/C16H32N2/c1-5-9-11-15(7-3)13-17-18-14-16(8-4)12-10-6-2/h13-16H,5-12H2,1-4H3/b17-13+,18-14+/t15-,16+. The van der Waals surface area contributed by atoms with E-state index in [-0.39, 0.29) is 0 Å². The van der Waals surface area contributed by atoms with E-state index in [1.165, 1.54) is 51.4 Å². The van der Waals surface area contributed by atoms with Gasteiger partial charge in [0, 0.05) is 12.4 Å². The summed E-state index contributed by atoms with van der Waals surface area (Å²) in [5.41, 5.74) is 0. The Morgan fingerprint density at radius 2 is 1.11 bits per heavy atom. The van der Waals surface area contributed by atoms with Gasteiger partial charge in [0.25, 0.3) is 0 Å². The number of rotatable bonds is 11. The van der Waals surface area contributed by atoms with Gasteiger partial charge in [-0.2, -0.15) is 10.2 Å². The maximum Gasteiger partial charge on any atom is 0.0300 e. The molecule has 0 radical (unpaired) electrons. The first-order chi connectivity index (χ1) is 8.78. The lowest BCUT2D eigenvalue weighted by molar-refractivity contribution is 0.572. The maximum absolute atomic E-state index is 4.24. The van der Waals surface area contributed by atoms with Gasteiger partial charge >= 0.3 is 0 Å². The van der Waals surface area contributed by atoms with Gasteiger partial charge in [-0.3, -0.25) is 0 Å². The van der Waals surface area contributed by atoms with Crippen LogP contribution in [0.25, 0.3) is 0 Å². The van der Waals surface area contributed by atoms with Gasteiger partial charge < -0.3 is 0 Å². The number of hydrogen-bond acceptors (Lipinski definition) is 2. The molecule has 0 unspecified atom stereocenters. The van der Waals surface area contributed by atoms with Crippen LogP contribution in [0.1, 0.15) is 79.1 Å². The third-order valence-corrected chi connectivity index (χ3v) is 3.53. The van der Waals surface area contributed by atoms with E-state index in [1.54, 1.807) is 0 Å². The molecule has 0 amide bonds. The highest BCUT2D eigenvalue weighted by molar-refractivity contribution is 5.64. The minimum atomic E-state index is 0.609. The number of hydrogen-bond donors (Lipinski definition) is 0. The van der Waals surface area contributed by atoms with Crippen LogP contribution in [0.15, 0.2) is 10.2 Å². The molecule has 2 heteroatoms. The van der Waals surface area contributed by atoms with Crippen LogP contribution in [0.5, 0.6) is 0 Å². The third kappa shape index (κ3) is 9.38. The molecule has 0 aliphatic heterocycles. The molecular formula is C16H32N2. The minimum absolute atomic E-state index is 0.609. The van der Waals surface area contributed by atoms with Crippen molar-refractivity contribution in [2.45, 2.75) is 79.1 Å². The van der Waals surface area contributed by atoms with Crippen LogP contribution in [0.3, 0.4) is 0 Å². The molecule has 18 heavy (non-hydrogen) atoms. The monoisotopic (exact) mass is 252 g/mol. The number of unbranched alkanes of at least 4 members (excludes halogenated alkanes) is 2. The first kappa shape index (κ1) is 17.3. The second kappa shape index (κ2) is 12.8. The van der Waals surface area contributed by atoms with Gasteiger partial charge in [0.1, 0.15) is 0 Å². The summed E-state index contributed by atoms with van der Waals surface area (Å²) in [5.74, 6) is 1.22. The molecule has 0 aromatic carbocycles. The fourth-order valence-corrected chi connectivity index (χ4v) is 1.97. The number of nitrogens with zero attached hydrogens (tertiary/aromatic N) is 2. The topological polar surface area (TPSA) is 24.7 Å². The van der Waals surface area contributed by atoms with Crippen molar-refractivity contribution in [3.8, 4) is 0 Å². The molecule has 0 spiro atoms. The van der Waals surface area contributed by atoms with Crippen LogP contribution >= 0.6 is 0 Å². The molecule has 0 aliphatic rings. The zero-order valence-electron chi connectivity index (χ0n) is 12.9. The molecule has 0 aliphatic carbocycles. The average molecular weight is 252 g/mol. The lowest BCUT2D eigenvalue weighted by atomic mass is 10.0. The van der Waals surface area contributed by atoms with Crippen molar-refractivity contribution in [1.82, 2.24) is 0 Å². The molecule has 0 fully saturated rings. The normalized spacial score (nSPS) is 15.6. The first-order valence-electron chi connectivity index (χ1n) is 7.84. The summed E-state index contributed by atoms with van der Waals surface area (Å²) in [6.45, 7) is 8.93. The summed E-state index contributed by atoms with van der Waals surface area (Å²) < 4.78 is 0. The van der Waals surface area contributed by atoms with Crippen LogP contribution in [0.2, 0.25) is 0 Å². The minimum Gasteiger partial charge on any atom is -0.164 e. The fourth-order valence-electron chi connectivity index (χ4n) is 1.97. The van der Waals surface area contributed by atoms with E-state index in [0.717, 1.165) is 0 Å². The Labute approximate surface area is 114 Å². The Hall–Kier alpha value is -0.660. The van der Waals surface area contributed by atoms with Crippen molar-refractivity contribution in [1.29, 1.82) is 0 Å². The Kier molecular flexibility index (Phi) is 12.3. The third-order valence-electron chi connectivity index (χ3n) is 3.53. The molecule has 0 saturated heterocycles. The largest absolute Gasteiger partial charge is 0.164 e. The van der Waals surface area contributed by atoms with E-state index >= 15 is 0 Å². The van der Waals surface area contributed by atoms with Crippen molar-refractivity contribution < 1.29 is 0 Å². The zero-order chi connectivity index (χ0) is 13.6. The summed E-state index contributed by atoms with van der Waals surface area (Å²) in [5, 5.41) is 8.47. The maximum atomic E-state index is 4.24. The van der Waals surface area contributed by atoms with E-state index in [1.807, 2.05) is 12.4 Å². The summed E-state index contributed by atoms with van der Waals surface area (Å²) in [6, 6.07) is 0. The zero-order valence-corrected chi connectivity index (χ0v) is 12.9. The van der Waals surface area contributed by atoms with E-state index < -0.39 is 0 Å². The highest BCUT2D eigenvalue weighted by Gasteiger charge is 2.02. The summed E-state index contributed by atoms with van der Waals surface area (Å²) >= 11 is 0. The first-order valence-corrected chi connectivity index (χ1v) is 7.84. The molecule has 0 N–H and O–H groups in total. The smallest absolute Gasteiger partial charge is 0.0300 e. The van der Waals surface area contributed by atoms with Gasteiger partial charge in [-0.05, 0) is 37.5 Å². The molecule has 0 saturated carbocycles. The summed E-state index contributed by atoms with van der Waals surface area (Å²) in [7, 11) is 0. The quantitative estimate of drug-likeness (QED) is 0.344. The predicted molar refractivity (Wildman–Crippen MR) is 83.6 cm³/mol. The van der Waals surface area contributed by atoms with Crippen LogP contribution in [-0.4, -0.2) is 12.4 Å². The Morgan fingerprint density at radius 3 is 1.39 bits per heavy atom. The molecule has 0 aromatic heterocycles. The van der Waals surface area contributed by atoms with Crippen molar-refractivity contribution in [3.63, 3.8) is 0 Å². The molecule has 0 aromatic rings. The summed E-state index contributed by atoms with van der Waals surface area (Å²) in [4.78, 5) is 0. The van der Waals surface area contributed by atoms with Gasteiger partial charge in [0.05, 0.1) is 0 Å². The predicted octanol–water partition coefficient (Wildman–Crippen LogP) is 5.48. The van der Waals surface area contributed by atoms with Crippen LogP contribution in [-0.2, 0) is 0 Å². The second-order valence-electron chi connectivity index (χ2n) is 5.15. The molecule has 0 rings (SSSR count). The highest BCUT2D eigenvalue weighted by atomic mass is 15.2. The molecular weight excluding hydrogens is 220 g/mol. The fraction of sp³-hybridized carbons (Fsp3) is 0.875. The van der Waals surface area contributed by atoms with Crippen molar-refractivity contribution in [3.05, 3.63) is 0 Å². The van der Waals surface area contributed by atoms with Gasteiger partial charge in [-0.1, -0.05) is 53.4 Å². The second-order valence-corrected chi connectivity index (χ2v) is 5.15. The van der Waals surface area contributed by atoms with Crippen LogP contribution < -0.4 is 0 Å². The lowest BCUT2D eigenvalue weighted by Crippen LogP contribution is -2.01. The molecule has 2 nitrogen and oxygen atoms in total. The van der Waals surface area contributed by atoms with Gasteiger partial charge in [-0.25, -0.2) is 0 Å².